The normalized spacial score (nSPS) is 19.0. The molecule has 1 aliphatic rings. The van der Waals surface area contributed by atoms with E-state index >= 15 is 0 Å². The van der Waals surface area contributed by atoms with Gasteiger partial charge in [0, 0.05) is 25.2 Å². The summed E-state index contributed by atoms with van der Waals surface area (Å²) in [5, 5.41) is 0. The Hall–Kier alpha value is -0.760. The van der Waals surface area contributed by atoms with Crippen LogP contribution in [0.25, 0.3) is 0 Å². The number of hydrogen-bond acceptors (Lipinski definition) is 2. The van der Waals surface area contributed by atoms with Crippen molar-refractivity contribution in [1.29, 1.82) is 0 Å². The van der Waals surface area contributed by atoms with Crippen LogP contribution in [-0.2, 0) is 6.54 Å². The highest BCUT2D eigenvalue weighted by molar-refractivity contribution is 5.20. The van der Waals surface area contributed by atoms with Crippen molar-refractivity contribution < 1.29 is 4.42 Å². The fraction of sp³-hybridized carbons (Fsp3) is 0.636. The van der Waals surface area contributed by atoms with Crippen LogP contribution in [0.15, 0.2) is 10.5 Å². The minimum Gasteiger partial charge on any atom is -0.466 e. The predicted octanol–water partition coefficient (Wildman–Crippen LogP) is 2.35. The monoisotopic (exact) mass is 179 g/mol. The first-order chi connectivity index (χ1) is 6.15. The van der Waals surface area contributed by atoms with E-state index in [1.807, 2.05) is 13.8 Å². The van der Waals surface area contributed by atoms with Crippen molar-refractivity contribution in [2.45, 2.75) is 27.3 Å². The standard InChI is InChI=1S/C11H17NO/c1-8-5-12(6-8)7-11-4-9(2)13-10(11)3/h4,8H,5-7H2,1-3H3. The van der Waals surface area contributed by atoms with E-state index < -0.39 is 0 Å². The van der Waals surface area contributed by atoms with Crippen molar-refractivity contribution in [3.63, 3.8) is 0 Å². The van der Waals surface area contributed by atoms with Gasteiger partial charge in [0.2, 0.25) is 0 Å². The summed E-state index contributed by atoms with van der Waals surface area (Å²) in [6.45, 7) is 9.89. The second kappa shape index (κ2) is 3.18. The van der Waals surface area contributed by atoms with E-state index in [1.165, 1.54) is 18.7 Å². The third-order valence-electron chi connectivity index (χ3n) is 2.68. The molecule has 2 nitrogen and oxygen atoms in total. The molecule has 0 N–H and O–H groups in total. The molecule has 2 rings (SSSR count). The second-order valence-corrected chi connectivity index (χ2v) is 4.24. The SMILES string of the molecule is Cc1cc(CN2CC(C)C2)c(C)o1. The van der Waals surface area contributed by atoms with E-state index in [2.05, 4.69) is 17.9 Å². The Morgan fingerprint density at radius 3 is 2.62 bits per heavy atom. The third-order valence-corrected chi connectivity index (χ3v) is 2.68. The molecule has 72 valence electrons. The molecule has 0 spiro atoms. The van der Waals surface area contributed by atoms with Crippen LogP contribution in [0.2, 0.25) is 0 Å². The van der Waals surface area contributed by atoms with E-state index in [0.717, 1.165) is 24.0 Å². The molecule has 13 heavy (non-hydrogen) atoms. The molecular weight excluding hydrogens is 162 g/mol. The second-order valence-electron chi connectivity index (χ2n) is 4.24. The van der Waals surface area contributed by atoms with Crippen LogP contribution < -0.4 is 0 Å². The number of hydrogen-bond donors (Lipinski definition) is 0. The minimum atomic E-state index is 0.883. The molecule has 1 fully saturated rings. The maximum Gasteiger partial charge on any atom is 0.105 e. The maximum absolute atomic E-state index is 5.48. The third kappa shape index (κ3) is 1.78. The molecule has 2 heteroatoms. The molecule has 0 aromatic carbocycles. The first kappa shape index (κ1) is 8.82. The summed E-state index contributed by atoms with van der Waals surface area (Å²) in [6, 6.07) is 2.15. The summed E-state index contributed by atoms with van der Waals surface area (Å²) in [5.74, 6) is 2.99. The molecule has 0 bridgehead atoms. The van der Waals surface area contributed by atoms with Crippen molar-refractivity contribution in [2.24, 2.45) is 5.92 Å². The number of nitrogens with zero attached hydrogens (tertiary/aromatic N) is 1. The van der Waals surface area contributed by atoms with E-state index in [4.69, 9.17) is 4.42 Å². The molecule has 0 amide bonds. The Labute approximate surface area is 79.5 Å². The smallest absolute Gasteiger partial charge is 0.105 e. The fourth-order valence-electron chi connectivity index (χ4n) is 2.04. The van der Waals surface area contributed by atoms with Crippen LogP contribution in [0.4, 0.5) is 0 Å². The Morgan fingerprint density at radius 1 is 1.46 bits per heavy atom. The fourth-order valence-corrected chi connectivity index (χ4v) is 2.04. The average molecular weight is 179 g/mol. The van der Waals surface area contributed by atoms with Crippen LogP contribution in [0.5, 0.6) is 0 Å². The topological polar surface area (TPSA) is 16.4 Å². The Bertz CT molecular complexity index is 297. The van der Waals surface area contributed by atoms with Gasteiger partial charge in [-0.1, -0.05) is 6.92 Å². The summed E-state index contributed by atoms with van der Waals surface area (Å²) >= 11 is 0. The summed E-state index contributed by atoms with van der Waals surface area (Å²) in [6.07, 6.45) is 0. The van der Waals surface area contributed by atoms with Gasteiger partial charge in [-0.25, -0.2) is 0 Å². The summed E-state index contributed by atoms with van der Waals surface area (Å²) in [5.41, 5.74) is 1.35. The highest BCUT2D eigenvalue weighted by Gasteiger charge is 2.23. The molecule has 0 radical (unpaired) electrons. The van der Waals surface area contributed by atoms with Gasteiger partial charge in [-0.15, -0.1) is 0 Å². The Kier molecular flexibility index (Phi) is 2.16. The first-order valence-corrected chi connectivity index (χ1v) is 4.93. The van der Waals surface area contributed by atoms with Gasteiger partial charge < -0.3 is 4.42 Å². The van der Waals surface area contributed by atoms with Crippen LogP contribution in [0.3, 0.4) is 0 Å². The van der Waals surface area contributed by atoms with Gasteiger partial charge in [-0.3, -0.25) is 4.90 Å². The van der Waals surface area contributed by atoms with Crippen LogP contribution in [-0.4, -0.2) is 18.0 Å². The summed E-state index contributed by atoms with van der Waals surface area (Å²) in [4.78, 5) is 2.46. The van der Waals surface area contributed by atoms with Gasteiger partial charge in [0.25, 0.3) is 0 Å². The first-order valence-electron chi connectivity index (χ1n) is 4.93. The zero-order valence-corrected chi connectivity index (χ0v) is 8.63. The molecule has 1 aliphatic heterocycles. The Balaban J connectivity index is 1.98. The number of likely N-dealkylation sites (tertiary alicyclic amines) is 1. The minimum absolute atomic E-state index is 0.883. The van der Waals surface area contributed by atoms with Gasteiger partial charge in [-0.2, -0.15) is 0 Å². The molecule has 0 aliphatic carbocycles. The zero-order valence-electron chi connectivity index (χ0n) is 8.63. The van der Waals surface area contributed by atoms with Gasteiger partial charge in [-0.05, 0) is 25.8 Å². The van der Waals surface area contributed by atoms with Gasteiger partial charge in [0.15, 0.2) is 0 Å². The Morgan fingerprint density at radius 2 is 2.15 bits per heavy atom. The van der Waals surface area contributed by atoms with Crippen molar-refractivity contribution >= 4 is 0 Å². The lowest BCUT2D eigenvalue weighted by molar-refractivity contribution is 0.104. The van der Waals surface area contributed by atoms with Crippen LogP contribution in [0, 0.1) is 19.8 Å². The number of rotatable bonds is 2. The molecule has 1 saturated heterocycles. The van der Waals surface area contributed by atoms with E-state index in [9.17, 15) is 0 Å². The van der Waals surface area contributed by atoms with Gasteiger partial charge >= 0.3 is 0 Å². The lowest BCUT2D eigenvalue weighted by Crippen LogP contribution is -2.44. The summed E-state index contributed by atoms with van der Waals surface area (Å²) in [7, 11) is 0. The van der Waals surface area contributed by atoms with E-state index in [-0.39, 0.29) is 0 Å². The largest absolute Gasteiger partial charge is 0.466 e. The van der Waals surface area contributed by atoms with Crippen LogP contribution in [0.1, 0.15) is 24.0 Å². The van der Waals surface area contributed by atoms with Crippen molar-refractivity contribution in [2.75, 3.05) is 13.1 Å². The molecule has 0 saturated carbocycles. The highest BCUT2D eigenvalue weighted by Crippen LogP contribution is 2.21. The molecule has 0 atom stereocenters. The van der Waals surface area contributed by atoms with Gasteiger partial charge in [0.05, 0.1) is 0 Å². The average Bonchev–Trinajstić information content (AvgIpc) is 2.27. The molecule has 1 aromatic rings. The maximum atomic E-state index is 5.48. The predicted molar refractivity (Wildman–Crippen MR) is 52.6 cm³/mol. The molecule has 0 unspecified atom stereocenters. The van der Waals surface area contributed by atoms with E-state index in [0.29, 0.717) is 0 Å². The quantitative estimate of drug-likeness (QED) is 0.693. The van der Waals surface area contributed by atoms with Crippen molar-refractivity contribution in [3.05, 3.63) is 23.2 Å². The van der Waals surface area contributed by atoms with Crippen molar-refractivity contribution in [1.82, 2.24) is 4.90 Å². The van der Waals surface area contributed by atoms with Crippen LogP contribution >= 0.6 is 0 Å². The van der Waals surface area contributed by atoms with Crippen molar-refractivity contribution in [3.8, 4) is 0 Å². The lowest BCUT2D eigenvalue weighted by Gasteiger charge is -2.36. The number of furan rings is 1. The lowest BCUT2D eigenvalue weighted by atomic mass is 10.0. The molecule has 1 aromatic heterocycles. The summed E-state index contributed by atoms with van der Waals surface area (Å²) < 4.78 is 5.48. The highest BCUT2D eigenvalue weighted by atomic mass is 16.3. The number of aryl methyl sites for hydroxylation is 2. The zero-order chi connectivity index (χ0) is 9.42. The van der Waals surface area contributed by atoms with E-state index in [1.54, 1.807) is 0 Å². The molecular formula is C11H17NO. The molecule has 2 heterocycles. The van der Waals surface area contributed by atoms with Gasteiger partial charge in [0.1, 0.15) is 11.5 Å².